The maximum Gasteiger partial charge on any atom is 0.159 e. The predicted molar refractivity (Wildman–Crippen MR) is 117 cm³/mol. The van der Waals surface area contributed by atoms with Gasteiger partial charge in [0.1, 0.15) is 0 Å². The number of hydrogen-bond acceptors (Lipinski definition) is 3. The molecule has 0 aliphatic carbocycles. The van der Waals surface area contributed by atoms with Gasteiger partial charge in [-0.3, -0.25) is 14.6 Å². The average molecular weight is 377 g/mol. The Hall–Kier alpha value is -2.23. The van der Waals surface area contributed by atoms with Crippen molar-refractivity contribution in [2.75, 3.05) is 19.6 Å². The Balaban J connectivity index is 1.99. The second-order valence-electron chi connectivity index (χ2n) is 8.13. The summed E-state index contributed by atoms with van der Waals surface area (Å²) in [6.45, 7) is 15.3. The smallest absolute Gasteiger partial charge is 0.159 e. The van der Waals surface area contributed by atoms with Crippen LogP contribution in [0.4, 0.5) is 0 Å². The van der Waals surface area contributed by atoms with Crippen LogP contribution in [0.3, 0.4) is 0 Å². The maximum atomic E-state index is 11.7. The van der Waals surface area contributed by atoms with Gasteiger partial charge in [0.15, 0.2) is 5.78 Å². The van der Waals surface area contributed by atoms with Gasteiger partial charge in [-0.2, -0.15) is 0 Å². The molecule has 0 N–H and O–H groups in total. The van der Waals surface area contributed by atoms with Crippen molar-refractivity contribution >= 4 is 5.78 Å². The fourth-order valence-electron chi connectivity index (χ4n) is 4.32. The van der Waals surface area contributed by atoms with Crippen molar-refractivity contribution in [3.8, 4) is 0 Å². The van der Waals surface area contributed by atoms with E-state index in [1.54, 1.807) is 6.92 Å². The Bertz CT molecular complexity index is 827. The first-order chi connectivity index (χ1) is 13.4. The highest BCUT2D eigenvalue weighted by atomic mass is 16.1. The Labute approximate surface area is 169 Å². The molecule has 0 unspecified atom stereocenters. The summed E-state index contributed by atoms with van der Waals surface area (Å²) in [4.78, 5) is 16.8. The molecule has 0 spiro atoms. The van der Waals surface area contributed by atoms with E-state index in [1.807, 2.05) is 18.2 Å². The lowest BCUT2D eigenvalue weighted by Gasteiger charge is -2.47. The summed E-state index contributed by atoms with van der Waals surface area (Å²) in [5.41, 5.74) is 4.59. The van der Waals surface area contributed by atoms with E-state index in [1.165, 1.54) is 16.7 Å². The number of benzene rings is 2. The summed E-state index contributed by atoms with van der Waals surface area (Å²) < 4.78 is 0. The number of piperazine rings is 1. The summed E-state index contributed by atoms with van der Waals surface area (Å²) in [7, 11) is 0. The summed E-state index contributed by atoms with van der Waals surface area (Å²) in [6, 6.07) is 18.0. The van der Waals surface area contributed by atoms with E-state index in [0.717, 1.165) is 25.2 Å². The molecule has 3 nitrogen and oxygen atoms in total. The lowest BCUT2D eigenvalue weighted by molar-refractivity contribution is 0.0306. The van der Waals surface area contributed by atoms with Crippen LogP contribution in [0.25, 0.3) is 0 Å². The summed E-state index contributed by atoms with van der Waals surface area (Å²) in [5.74, 6) is 0.110. The molecular formula is C25H32N2O. The molecule has 1 aliphatic rings. The van der Waals surface area contributed by atoms with Gasteiger partial charge in [0.2, 0.25) is 0 Å². The van der Waals surface area contributed by atoms with Crippen molar-refractivity contribution in [1.82, 2.24) is 9.80 Å². The largest absolute Gasteiger partial charge is 0.295 e. The lowest BCUT2D eigenvalue weighted by Crippen LogP contribution is -2.57. The molecule has 0 bridgehead atoms. The fraction of sp³-hybridized carbons (Fsp3) is 0.400. The molecule has 1 aliphatic heterocycles. The predicted octanol–water partition coefficient (Wildman–Crippen LogP) is 4.87. The molecule has 28 heavy (non-hydrogen) atoms. The number of aryl methyl sites for hydroxylation is 1. The molecule has 0 amide bonds. The minimum absolute atomic E-state index is 0.110. The van der Waals surface area contributed by atoms with Crippen molar-refractivity contribution in [1.29, 1.82) is 0 Å². The molecule has 3 heteroatoms. The molecule has 2 aromatic rings. The van der Waals surface area contributed by atoms with Gasteiger partial charge in [-0.15, -0.1) is 6.58 Å². The van der Waals surface area contributed by atoms with Crippen LogP contribution in [0.5, 0.6) is 0 Å². The summed E-state index contributed by atoms with van der Waals surface area (Å²) in [5, 5.41) is 0. The van der Waals surface area contributed by atoms with Crippen molar-refractivity contribution in [2.24, 2.45) is 0 Å². The maximum absolute atomic E-state index is 11.7. The molecule has 148 valence electrons. The Kier molecular flexibility index (Phi) is 6.48. The molecule has 0 aromatic heterocycles. The van der Waals surface area contributed by atoms with E-state index in [4.69, 9.17) is 0 Å². The third-order valence-electron chi connectivity index (χ3n) is 5.85. The normalized spacial score (nSPS) is 22.0. The first-order valence-corrected chi connectivity index (χ1v) is 10.2. The molecule has 0 saturated carbocycles. The fourth-order valence-corrected chi connectivity index (χ4v) is 4.32. The number of carbonyl (C=O) groups excluding carboxylic acids is 1. The van der Waals surface area contributed by atoms with Crippen LogP contribution in [-0.2, 0) is 0 Å². The van der Waals surface area contributed by atoms with Gasteiger partial charge in [-0.1, -0.05) is 60.2 Å². The van der Waals surface area contributed by atoms with Crippen LogP contribution >= 0.6 is 0 Å². The standard InChI is InChI=1S/C25H32N2O/c1-6-14-26-16-20(4)27(17-19(26)3)25(24-9-7-8-18(2)15-24)23-12-10-22(11-13-23)21(5)28/h6-13,15,19-20,25H,1,14,16-17H2,2-5H3/t19-,20+,25-/m1/s1. The zero-order chi connectivity index (χ0) is 20.3. The molecule has 1 fully saturated rings. The Morgan fingerprint density at radius 3 is 2.43 bits per heavy atom. The molecule has 3 rings (SSSR count). The second-order valence-corrected chi connectivity index (χ2v) is 8.13. The molecule has 2 aromatic carbocycles. The van der Waals surface area contributed by atoms with Crippen LogP contribution in [-0.4, -0.2) is 47.3 Å². The molecule has 0 radical (unpaired) electrons. The first-order valence-electron chi connectivity index (χ1n) is 10.2. The van der Waals surface area contributed by atoms with Crippen LogP contribution in [0.2, 0.25) is 0 Å². The van der Waals surface area contributed by atoms with Gasteiger partial charge >= 0.3 is 0 Å². The highest BCUT2D eigenvalue weighted by molar-refractivity contribution is 5.94. The van der Waals surface area contributed by atoms with E-state index < -0.39 is 0 Å². The highest BCUT2D eigenvalue weighted by Gasteiger charge is 2.34. The van der Waals surface area contributed by atoms with Gasteiger partial charge in [-0.25, -0.2) is 0 Å². The van der Waals surface area contributed by atoms with Gasteiger partial charge < -0.3 is 0 Å². The first kappa shape index (κ1) is 20.5. The Morgan fingerprint density at radius 1 is 1.11 bits per heavy atom. The minimum Gasteiger partial charge on any atom is -0.295 e. The van der Waals surface area contributed by atoms with Crippen molar-refractivity contribution in [3.05, 3.63) is 83.4 Å². The summed E-state index contributed by atoms with van der Waals surface area (Å²) >= 11 is 0. The number of hydrogen-bond donors (Lipinski definition) is 0. The van der Waals surface area contributed by atoms with Crippen LogP contribution < -0.4 is 0 Å². The summed E-state index contributed by atoms with van der Waals surface area (Å²) in [6.07, 6.45) is 2.00. The monoisotopic (exact) mass is 376 g/mol. The van der Waals surface area contributed by atoms with Crippen molar-refractivity contribution in [2.45, 2.75) is 45.8 Å². The zero-order valence-electron chi connectivity index (χ0n) is 17.6. The number of carbonyl (C=O) groups is 1. The van der Waals surface area contributed by atoms with Gasteiger partial charge in [0.05, 0.1) is 6.04 Å². The van der Waals surface area contributed by atoms with Crippen LogP contribution in [0.1, 0.15) is 53.9 Å². The lowest BCUT2D eigenvalue weighted by atomic mass is 9.92. The second kappa shape index (κ2) is 8.85. The third kappa shape index (κ3) is 4.43. The van der Waals surface area contributed by atoms with Crippen LogP contribution in [0, 0.1) is 6.92 Å². The quantitative estimate of drug-likeness (QED) is 0.531. The van der Waals surface area contributed by atoms with E-state index in [9.17, 15) is 4.79 Å². The number of Topliss-reactive ketones (excluding diaryl/α,β-unsaturated/α-hetero) is 1. The molecule has 3 atom stereocenters. The van der Waals surface area contributed by atoms with E-state index >= 15 is 0 Å². The Morgan fingerprint density at radius 2 is 1.82 bits per heavy atom. The van der Waals surface area contributed by atoms with Crippen molar-refractivity contribution in [3.63, 3.8) is 0 Å². The zero-order valence-corrected chi connectivity index (χ0v) is 17.6. The van der Waals surface area contributed by atoms with E-state index in [2.05, 4.69) is 73.5 Å². The SMILES string of the molecule is C=CCN1C[C@H](C)N([C@H](c2ccc(C(C)=O)cc2)c2cccc(C)c2)C[C@H]1C. The van der Waals surface area contributed by atoms with Gasteiger partial charge in [-0.05, 0) is 38.8 Å². The van der Waals surface area contributed by atoms with E-state index in [0.29, 0.717) is 12.1 Å². The van der Waals surface area contributed by atoms with Gasteiger partial charge in [0.25, 0.3) is 0 Å². The highest BCUT2D eigenvalue weighted by Crippen LogP contribution is 2.33. The topological polar surface area (TPSA) is 23.6 Å². The molecular weight excluding hydrogens is 344 g/mol. The molecule has 1 heterocycles. The number of ketones is 1. The number of rotatable bonds is 6. The molecule has 1 saturated heterocycles. The third-order valence-corrected chi connectivity index (χ3v) is 5.85. The minimum atomic E-state index is 0.110. The van der Waals surface area contributed by atoms with E-state index in [-0.39, 0.29) is 11.8 Å². The van der Waals surface area contributed by atoms with Crippen molar-refractivity contribution < 1.29 is 4.79 Å². The number of nitrogens with zero attached hydrogens (tertiary/aromatic N) is 2. The van der Waals surface area contributed by atoms with Crippen LogP contribution in [0.15, 0.2) is 61.2 Å². The van der Waals surface area contributed by atoms with Gasteiger partial charge in [0, 0.05) is 37.3 Å². The average Bonchev–Trinajstić information content (AvgIpc) is 2.66.